The molecule has 0 atom stereocenters. The molecular weight excluding hydrogens is 289 g/mol. The van der Waals surface area contributed by atoms with Gasteiger partial charge in [-0.05, 0) is 36.4 Å². The smallest absolute Gasteiger partial charge is 0.257 e. The number of anilines is 1. The van der Waals surface area contributed by atoms with E-state index in [0.717, 1.165) is 11.5 Å². The summed E-state index contributed by atoms with van der Waals surface area (Å²) in [6.45, 7) is 0. The number of rotatable bonds is 3. The number of aromatic nitrogens is 2. The number of hydrogen-bond acceptors (Lipinski definition) is 4. The predicted molar refractivity (Wildman–Crippen MR) is 79.7 cm³/mol. The molecule has 3 rings (SSSR count). The fraction of sp³-hybridized carbons (Fsp3) is 0. The van der Waals surface area contributed by atoms with Gasteiger partial charge in [0.2, 0.25) is 5.13 Å². The molecule has 1 N–H and O–H groups in total. The molecule has 0 radical (unpaired) electrons. The van der Waals surface area contributed by atoms with Crippen LogP contribution in [-0.2, 0) is 0 Å². The summed E-state index contributed by atoms with van der Waals surface area (Å²) in [5, 5.41) is 3.10. The summed E-state index contributed by atoms with van der Waals surface area (Å²) in [5.41, 5.74) is 1.25. The van der Waals surface area contributed by atoms with Crippen LogP contribution in [0.3, 0.4) is 0 Å². The topological polar surface area (TPSA) is 54.9 Å². The molecule has 104 valence electrons. The molecule has 21 heavy (non-hydrogen) atoms. The van der Waals surface area contributed by atoms with E-state index in [-0.39, 0.29) is 11.7 Å². The summed E-state index contributed by atoms with van der Waals surface area (Å²) < 4.78 is 17.0. The van der Waals surface area contributed by atoms with Crippen molar-refractivity contribution in [2.45, 2.75) is 0 Å². The van der Waals surface area contributed by atoms with Crippen LogP contribution in [0.25, 0.3) is 11.4 Å². The van der Waals surface area contributed by atoms with E-state index in [1.54, 1.807) is 36.4 Å². The van der Waals surface area contributed by atoms with Crippen LogP contribution in [0.1, 0.15) is 10.4 Å². The summed E-state index contributed by atoms with van der Waals surface area (Å²) >= 11 is 1.08. The van der Waals surface area contributed by atoms with Crippen molar-refractivity contribution in [3.8, 4) is 11.4 Å². The van der Waals surface area contributed by atoms with Crippen LogP contribution in [0.15, 0.2) is 54.6 Å². The molecule has 0 spiro atoms. The van der Waals surface area contributed by atoms with Gasteiger partial charge in [0, 0.05) is 22.7 Å². The Hall–Kier alpha value is -2.60. The summed E-state index contributed by atoms with van der Waals surface area (Å²) in [7, 11) is 0. The average Bonchev–Trinajstić information content (AvgIpc) is 2.97. The van der Waals surface area contributed by atoms with Crippen molar-refractivity contribution >= 4 is 22.6 Å². The van der Waals surface area contributed by atoms with E-state index in [4.69, 9.17) is 0 Å². The molecular formula is C15H10FN3OS. The number of amides is 1. The Morgan fingerprint density at radius 1 is 1.05 bits per heavy atom. The van der Waals surface area contributed by atoms with Gasteiger partial charge >= 0.3 is 0 Å². The van der Waals surface area contributed by atoms with Crippen molar-refractivity contribution < 1.29 is 9.18 Å². The third-order valence-electron chi connectivity index (χ3n) is 2.78. The monoisotopic (exact) mass is 299 g/mol. The van der Waals surface area contributed by atoms with Crippen LogP contribution in [-0.4, -0.2) is 15.3 Å². The molecule has 1 aromatic heterocycles. The van der Waals surface area contributed by atoms with Crippen LogP contribution in [0.4, 0.5) is 9.52 Å². The standard InChI is InChI=1S/C15H10FN3OS/c16-12-8-6-10(7-9-12)13-17-15(21-19-13)18-14(20)11-4-2-1-3-5-11/h1-9H,(H,17,18,19,20). The summed E-state index contributed by atoms with van der Waals surface area (Å²) in [4.78, 5) is 16.2. The molecule has 0 bridgehead atoms. The van der Waals surface area contributed by atoms with Crippen molar-refractivity contribution in [3.05, 3.63) is 66.0 Å². The normalized spacial score (nSPS) is 10.3. The second kappa shape index (κ2) is 5.80. The molecule has 6 heteroatoms. The Bertz CT molecular complexity index is 756. The molecule has 2 aromatic carbocycles. The zero-order valence-electron chi connectivity index (χ0n) is 10.8. The quantitative estimate of drug-likeness (QED) is 0.804. The minimum Gasteiger partial charge on any atom is -0.297 e. The molecule has 0 aliphatic carbocycles. The fourth-order valence-corrected chi connectivity index (χ4v) is 2.33. The van der Waals surface area contributed by atoms with Crippen molar-refractivity contribution in [2.24, 2.45) is 0 Å². The fourth-order valence-electron chi connectivity index (χ4n) is 1.75. The van der Waals surface area contributed by atoms with E-state index in [9.17, 15) is 9.18 Å². The first-order valence-electron chi connectivity index (χ1n) is 6.18. The zero-order valence-corrected chi connectivity index (χ0v) is 11.6. The van der Waals surface area contributed by atoms with E-state index < -0.39 is 0 Å². The molecule has 0 unspecified atom stereocenters. The van der Waals surface area contributed by atoms with Gasteiger partial charge < -0.3 is 0 Å². The van der Waals surface area contributed by atoms with Crippen molar-refractivity contribution in [2.75, 3.05) is 5.32 Å². The third kappa shape index (κ3) is 3.11. The largest absolute Gasteiger partial charge is 0.297 e. The number of halogens is 1. The van der Waals surface area contributed by atoms with Crippen LogP contribution >= 0.6 is 11.5 Å². The van der Waals surface area contributed by atoms with Crippen LogP contribution in [0, 0.1) is 5.82 Å². The number of carbonyl (C=O) groups is 1. The zero-order chi connectivity index (χ0) is 14.7. The number of carbonyl (C=O) groups excluding carboxylic acids is 1. The maximum atomic E-state index is 12.9. The highest BCUT2D eigenvalue weighted by Crippen LogP contribution is 2.21. The lowest BCUT2D eigenvalue weighted by molar-refractivity contribution is 0.102. The summed E-state index contributed by atoms with van der Waals surface area (Å²) in [6.07, 6.45) is 0. The molecule has 0 saturated carbocycles. The lowest BCUT2D eigenvalue weighted by Gasteiger charge is -2.00. The molecule has 1 amide bonds. The van der Waals surface area contributed by atoms with Gasteiger partial charge in [-0.3, -0.25) is 10.1 Å². The SMILES string of the molecule is O=C(Nc1nc(-c2ccc(F)cc2)ns1)c1ccccc1. The van der Waals surface area contributed by atoms with Gasteiger partial charge in [-0.2, -0.15) is 9.36 Å². The Kier molecular flexibility index (Phi) is 3.70. The summed E-state index contributed by atoms with van der Waals surface area (Å²) in [6, 6.07) is 14.7. The van der Waals surface area contributed by atoms with Gasteiger partial charge in [-0.1, -0.05) is 18.2 Å². The summed E-state index contributed by atoms with van der Waals surface area (Å²) in [5.74, 6) is -0.0904. The maximum Gasteiger partial charge on any atom is 0.257 e. The Morgan fingerprint density at radius 3 is 2.48 bits per heavy atom. The van der Waals surface area contributed by atoms with Gasteiger partial charge in [0.05, 0.1) is 0 Å². The van der Waals surface area contributed by atoms with Crippen molar-refractivity contribution in [1.82, 2.24) is 9.36 Å². The average molecular weight is 299 g/mol. The minimum absolute atomic E-state index is 0.239. The first kappa shape index (κ1) is 13.4. The van der Waals surface area contributed by atoms with Crippen LogP contribution in [0.2, 0.25) is 0 Å². The molecule has 4 nitrogen and oxygen atoms in total. The second-order valence-corrected chi connectivity index (χ2v) is 5.00. The number of hydrogen-bond donors (Lipinski definition) is 1. The van der Waals surface area contributed by atoms with E-state index in [1.165, 1.54) is 12.1 Å². The predicted octanol–water partition coefficient (Wildman–Crippen LogP) is 3.60. The molecule has 0 fully saturated rings. The Balaban J connectivity index is 1.76. The first-order valence-corrected chi connectivity index (χ1v) is 6.96. The van der Waals surface area contributed by atoms with Gasteiger partial charge in [-0.15, -0.1) is 0 Å². The number of nitrogens with one attached hydrogen (secondary N) is 1. The van der Waals surface area contributed by atoms with Crippen LogP contribution < -0.4 is 5.32 Å². The number of benzene rings is 2. The van der Waals surface area contributed by atoms with Gasteiger partial charge in [-0.25, -0.2) is 4.39 Å². The van der Waals surface area contributed by atoms with E-state index >= 15 is 0 Å². The highest BCUT2D eigenvalue weighted by atomic mass is 32.1. The highest BCUT2D eigenvalue weighted by molar-refractivity contribution is 7.10. The van der Waals surface area contributed by atoms with Crippen molar-refractivity contribution in [3.63, 3.8) is 0 Å². The van der Waals surface area contributed by atoms with Gasteiger partial charge in [0.15, 0.2) is 5.82 Å². The van der Waals surface area contributed by atoms with E-state index in [2.05, 4.69) is 14.7 Å². The molecule has 0 saturated heterocycles. The third-order valence-corrected chi connectivity index (χ3v) is 3.42. The minimum atomic E-state index is -0.313. The lowest BCUT2D eigenvalue weighted by Crippen LogP contribution is -2.11. The lowest BCUT2D eigenvalue weighted by atomic mass is 10.2. The Morgan fingerprint density at radius 2 is 1.76 bits per heavy atom. The number of nitrogens with zero attached hydrogens (tertiary/aromatic N) is 2. The van der Waals surface area contributed by atoms with E-state index in [1.807, 2.05) is 6.07 Å². The molecule has 1 heterocycles. The maximum absolute atomic E-state index is 12.9. The van der Waals surface area contributed by atoms with Gasteiger partial charge in [0.1, 0.15) is 5.82 Å². The highest BCUT2D eigenvalue weighted by Gasteiger charge is 2.10. The van der Waals surface area contributed by atoms with Crippen molar-refractivity contribution in [1.29, 1.82) is 0 Å². The molecule has 3 aromatic rings. The van der Waals surface area contributed by atoms with E-state index in [0.29, 0.717) is 22.1 Å². The van der Waals surface area contributed by atoms with Crippen LogP contribution in [0.5, 0.6) is 0 Å². The molecule has 0 aliphatic heterocycles. The molecule has 0 aliphatic rings. The Labute approximate surface area is 124 Å². The van der Waals surface area contributed by atoms with Gasteiger partial charge in [0.25, 0.3) is 5.91 Å². The second-order valence-electron chi connectivity index (χ2n) is 4.25. The first-order chi connectivity index (χ1) is 10.2.